The molecule has 38 heavy (non-hydrogen) atoms. The van der Waals surface area contributed by atoms with Crippen LogP contribution < -0.4 is 4.90 Å². The molecule has 5 nitrogen and oxygen atoms in total. The smallest absolute Gasteiger partial charge is 0.129 e. The van der Waals surface area contributed by atoms with Crippen molar-refractivity contribution in [1.82, 2.24) is 0 Å². The number of rotatable bonds is 13. The summed E-state index contributed by atoms with van der Waals surface area (Å²) in [5.41, 5.74) is 6.99. The summed E-state index contributed by atoms with van der Waals surface area (Å²) in [5, 5.41) is 0. The maximum Gasteiger partial charge on any atom is 0.129 e. The highest BCUT2D eigenvalue weighted by Gasteiger charge is 2.13. The molecular weight excluding hydrogens is 474 g/mol. The van der Waals surface area contributed by atoms with Gasteiger partial charge in [-0.3, -0.25) is 0 Å². The van der Waals surface area contributed by atoms with Crippen molar-refractivity contribution in [3.63, 3.8) is 0 Å². The monoisotopic (exact) mass is 507 g/mol. The number of ether oxygens (including phenoxy) is 2. The summed E-state index contributed by atoms with van der Waals surface area (Å²) in [5.74, 6) is 1.69. The second kappa shape index (κ2) is 13.0. The molecule has 2 aromatic heterocycles. The molecule has 0 radical (unpaired) electrons. The predicted molar refractivity (Wildman–Crippen MR) is 150 cm³/mol. The lowest BCUT2D eigenvalue weighted by Crippen LogP contribution is -2.10. The van der Waals surface area contributed by atoms with Crippen LogP contribution in [-0.2, 0) is 35.7 Å². The maximum atomic E-state index is 5.81. The Morgan fingerprint density at radius 2 is 1.11 bits per heavy atom. The Labute approximate surface area is 224 Å². The van der Waals surface area contributed by atoms with E-state index in [1.165, 1.54) is 11.1 Å². The molecule has 5 aromatic rings. The quantitative estimate of drug-likeness (QED) is 0.150. The Hall–Kier alpha value is -4.06. The van der Waals surface area contributed by atoms with Crippen LogP contribution in [0.4, 0.5) is 17.1 Å². The summed E-state index contributed by atoms with van der Waals surface area (Å²) in [6.45, 7) is 4.33. The third-order valence-electron chi connectivity index (χ3n) is 6.35. The highest BCUT2D eigenvalue weighted by Crippen LogP contribution is 2.35. The van der Waals surface area contributed by atoms with Crippen molar-refractivity contribution in [2.75, 3.05) is 11.5 Å². The molecule has 0 unspecified atom stereocenters. The molecule has 0 bridgehead atoms. The van der Waals surface area contributed by atoms with Gasteiger partial charge in [-0.1, -0.05) is 42.0 Å². The summed E-state index contributed by atoms with van der Waals surface area (Å²) in [4.78, 5) is 2.28. The molecule has 0 atom stereocenters. The molecule has 0 saturated carbocycles. The number of hydrogen-bond acceptors (Lipinski definition) is 5. The zero-order valence-corrected chi connectivity index (χ0v) is 21.7. The minimum absolute atomic E-state index is 0.465. The van der Waals surface area contributed by atoms with Crippen molar-refractivity contribution < 1.29 is 18.3 Å². The molecule has 0 fully saturated rings. The van der Waals surface area contributed by atoms with E-state index in [1.807, 2.05) is 24.3 Å². The first-order valence-corrected chi connectivity index (χ1v) is 13.0. The molecule has 0 saturated heterocycles. The van der Waals surface area contributed by atoms with E-state index in [2.05, 4.69) is 84.6 Å². The van der Waals surface area contributed by atoms with Gasteiger partial charge in [-0.15, -0.1) is 0 Å². The van der Waals surface area contributed by atoms with Crippen LogP contribution in [0.15, 0.2) is 118 Å². The summed E-state index contributed by atoms with van der Waals surface area (Å²) in [6, 6.07) is 33.6. The number of benzene rings is 3. The minimum atomic E-state index is 0.465. The second-order valence-corrected chi connectivity index (χ2v) is 9.31. The lowest BCUT2D eigenvalue weighted by atomic mass is 10.1. The Balaban J connectivity index is 1.23. The van der Waals surface area contributed by atoms with Gasteiger partial charge in [-0.25, -0.2) is 0 Å². The van der Waals surface area contributed by atoms with Gasteiger partial charge in [-0.05, 0) is 91.6 Å². The van der Waals surface area contributed by atoms with Gasteiger partial charge in [0.05, 0.1) is 19.1 Å². The van der Waals surface area contributed by atoms with E-state index >= 15 is 0 Å². The van der Waals surface area contributed by atoms with Crippen LogP contribution in [0.1, 0.15) is 34.6 Å². The summed E-state index contributed by atoms with van der Waals surface area (Å²) < 4.78 is 22.2. The third-order valence-corrected chi connectivity index (χ3v) is 6.35. The van der Waals surface area contributed by atoms with Gasteiger partial charge >= 0.3 is 0 Å². The fraction of sp³-hybridized carbons (Fsp3) is 0.212. The van der Waals surface area contributed by atoms with E-state index in [-0.39, 0.29) is 0 Å². The summed E-state index contributed by atoms with van der Waals surface area (Å²) in [7, 11) is 0. The molecule has 0 amide bonds. The molecule has 194 valence electrons. The highest BCUT2D eigenvalue weighted by molar-refractivity contribution is 5.76. The van der Waals surface area contributed by atoms with Gasteiger partial charge in [0.2, 0.25) is 0 Å². The Kier molecular flexibility index (Phi) is 8.72. The molecule has 0 aliphatic heterocycles. The maximum absolute atomic E-state index is 5.81. The van der Waals surface area contributed by atoms with Crippen LogP contribution in [0.3, 0.4) is 0 Å². The minimum Gasteiger partial charge on any atom is -0.467 e. The fourth-order valence-electron chi connectivity index (χ4n) is 4.30. The zero-order valence-electron chi connectivity index (χ0n) is 21.7. The topological polar surface area (TPSA) is 48.0 Å². The molecular formula is C33H33NO4. The molecule has 5 heteroatoms. The van der Waals surface area contributed by atoms with Crippen LogP contribution in [0.25, 0.3) is 0 Å². The van der Waals surface area contributed by atoms with Crippen LogP contribution >= 0.6 is 0 Å². The number of anilines is 3. The van der Waals surface area contributed by atoms with Crippen LogP contribution in [0.5, 0.6) is 0 Å². The Morgan fingerprint density at radius 1 is 0.579 bits per heavy atom. The molecule has 0 N–H and O–H groups in total. The molecule has 5 rings (SSSR count). The van der Waals surface area contributed by atoms with E-state index in [4.69, 9.17) is 18.3 Å². The number of hydrogen-bond donors (Lipinski definition) is 0. The van der Waals surface area contributed by atoms with Crippen LogP contribution in [-0.4, -0.2) is 6.61 Å². The van der Waals surface area contributed by atoms with Crippen molar-refractivity contribution in [2.45, 2.75) is 39.6 Å². The van der Waals surface area contributed by atoms with Gasteiger partial charge in [0.1, 0.15) is 24.7 Å². The van der Waals surface area contributed by atoms with Crippen LogP contribution in [0, 0.1) is 6.92 Å². The molecule has 0 aliphatic carbocycles. The van der Waals surface area contributed by atoms with Gasteiger partial charge < -0.3 is 23.2 Å². The molecule has 0 spiro atoms. The summed E-state index contributed by atoms with van der Waals surface area (Å²) >= 11 is 0. The van der Waals surface area contributed by atoms with E-state index in [0.717, 1.165) is 47.0 Å². The molecule has 3 aromatic carbocycles. The number of furan rings is 2. The standard InChI is InChI=1S/C33H33NO4/c1-26-8-14-29(15-9-26)34(31-18-12-28(13-19-31)23-36-25-33-7-4-22-38-33)30-16-10-27(11-17-30)5-2-20-35-24-32-6-3-21-37-32/h3-4,6-19,21-22H,2,5,20,23-25H2,1H3. The first-order chi connectivity index (χ1) is 18.7. The van der Waals surface area contributed by atoms with Crippen molar-refractivity contribution in [3.8, 4) is 0 Å². The third kappa shape index (κ3) is 7.03. The second-order valence-electron chi connectivity index (χ2n) is 9.31. The SMILES string of the molecule is Cc1ccc(N(c2ccc(CCCOCc3ccco3)cc2)c2ccc(COCc3ccco3)cc2)cc1. The normalized spacial score (nSPS) is 11.1. The molecule has 0 aliphatic rings. The lowest BCUT2D eigenvalue weighted by molar-refractivity contribution is 0.0929. The van der Waals surface area contributed by atoms with E-state index in [9.17, 15) is 0 Å². The number of aryl methyl sites for hydroxylation is 2. The number of nitrogens with zero attached hydrogens (tertiary/aromatic N) is 1. The first-order valence-electron chi connectivity index (χ1n) is 13.0. The Bertz CT molecular complexity index is 1340. The average molecular weight is 508 g/mol. The van der Waals surface area contributed by atoms with E-state index in [0.29, 0.717) is 26.4 Å². The Morgan fingerprint density at radius 3 is 1.66 bits per heavy atom. The van der Waals surface area contributed by atoms with Crippen molar-refractivity contribution in [3.05, 3.63) is 138 Å². The van der Waals surface area contributed by atoms with Crippen molar-refractivity contribution in [2.24, 2.45) is 0 Å². The van der Waals surface area contributed by atoms with Crippen molar-refractivity contribution in [1.29, 1.82) is 0 Å². The lowest BCUT2D eigenvalue weighted by Gasteiger charge is -2.26. The van der Waals surface area contributed by atoms with Crippen molar-refractivity contribution >= 4 is 17.1 Å². The van der Waals surface area contributed by atoms with Gasteiger partial charge in [-0.2, -0.15) is 0 Å². The van der Waals surface area contributed by atoms with Crippen LogP contribution in [0.2, 0.25) is 0 Å². The van der Waals surface area contributed by atoms with Gasteiger partial charge in [0.15, 0.2) is 0 Å². The summed E-state index contributed by atoms with van der Waals surface area (Å²) in [6.07, 6.45) is 5.27. The van der Waals surface area contributed by atoms with E-state index in [1.54, 1.807) is 12.5 Å². The fourth-order valence-corrected chi connectivity index (χ4v) is 4.30. The highest BCUT2D eigenvalue weighted by atomic mass is 16.5. The first kappa shape index (κ1) is 25.6. The predicted octanol–water partition coefficient (Wildman–Crippen LogP) is 8.52. The average Bonchev–Trinajstić information content (AvgIpc) is 3.66. The van der Waals surface area contributed by atoms with E-state index < -0.39 is 0 Å². The molecule has 2 heterocycles. The van der Waals surface area contributed by atoms with Gasteiger partial charge in [0.25, 0.3) is 0 Å². The van der Waals surface area contributed by atoms with Gasteiger partial charge in [0, 0.05) is 23.7 Å². The largest absolute Gasteiger partial charge is 0.467 e. The zero-order chi connectivity index (χ0) is 26.0.